The molecule has 1 N–H and O–H groups in total. The third-order valence-electron chi connectivity index (χ3n) is 2.33. The Morgan fingerprint density at radius 1 is 1.59 bits per heavy atom. The summed E-state index contributed by atoms with van der Waals surface area (Å²) in [6, 6.07) is 0. The highest BCUT2D eigenvalue weighted by Gasteiger charge is 2.20. The number of thiocarbonyl (C=S) groups is 1. The summed E-state index contributed by atoms with van der Waals surface area (Å²) in [7, 11) is 0. The van der Waals surface area contributed by atoms with Gasteiger partial charge < -0.3 is 9.64 Å². The lowest BCUT2D eigenvalue weighted by atomic mass is 10.4. The standard InChI is InChI=1S/C10H13N3O2S2/c1-7-6-17-10(11-7)12-8(14)9(16)13-2-4-15-5-3-13/h6H,2-5H2,1H3,(H,11,12,14). The molecule has 0 saturated carbocycles. The van der Waals surface area contributed by atoms with Crippen molar-refractivity contribution < 1.29 is 9.53 Å². The molecule has 1 fully saturated rings. The van der Waals surface area contributed by atoms with Crippen LogP contribution < -0.4 is 5.32 Å². The average Bonchev–Trinajstić information content (AvgIpc) is 2.75. The summed E-state index contributed by atoms with van der Waals surface area (Å²) in [6.07, 6.45) is 0. The van der Waals surface area contributed by atoms with Crippen molar-refractivity contribution in [2.75, 3.05) is 31.6 Å². The van der Waals surface area contributed by atoms with Crippen LogP contribution in [0.2, 0.25) is 0 Å². The first-order chi connectivity index (χ1) is 8.16. The predicted octanol–water partition coefficient (Wildman–Crippen LogP) is 1.05. The van der Waals surface area contributed by atoms with Crippen LogP contribution >= 0.6 is 23.6 Å². The van der Waals surface area contributed by atoms with Crippen molar-refractivity contribution in [2.24, 2.45) is 0 Å². The fourth-order valence-corrected chi connectivity index (χ4v) is 2.39. The van der Waals surface area contributed by atoms with Gasteiger partial charge in [-0.1, -0.05) is 12.2 Å². The third kappa shape index (κ3) is 3.21. The zero-order valence-electron chi connectivity index (χ0n) is 9.43. The van der Waals surface area contributed by atoms with E-state index in [9.17, 15) is 4.79 Å². The Bertz CT molecular complexity index is 427. The van der Waals surface area contributed by atoms with Crippen LogP contribution in [0.5, 0.6) is 0 Å². The summed E-state index contributed by atoms with van der Waals surface area (Å²) in [5, 5.41) is 5.17. The zero-order valence-corrected chi connectivity index (χ0v) is 11.1. The van der Waals surface area contributed by atoms with E-state index in [0.29, 0.717) is 36.4 Å². The number of carbonyl (C=O) groups excluding carboxylic acids is 1. The lowest BCUT2D eigenvalue weighted by molar-refractivity contribution is -0.111. The summed E-state index contributed by atoms with van der Waals surface area (Å²) in [5.41, 5.74) is 0.891. The number of aryl methyl sites for hydroxylation is 1. The predicted molar refractivity (Wildman–Crippen MR) is 70.5 cm³/mol. The summed E-state index contributed by atoms with van der Waals surface area (Å²) >= 11 is 6.53. The van der Waals surface area contributed by atoms with Crippen molar-refractivity contribution in [1.29, 1.82) is 0 Å². The number of hydrogen-bond acceptors (Lipinski definition) is 5. The maximum atomic E-state index is 11.9. The van der Waals surface area contributed by atoms with E-state index >= 15 is 0 Å². The van der Waals surface area contributed by atoms with Gasteiger partial charge in [0.05, 0.1) is 18.9 Å². The van der Waals surface area contributed by atoms with E-state index in [1.807, 2.05) is 17.2 Å². The molecular weight excluding hydrogens is 258 g/mol. The number of nitrogens with zero attached hydrogens (tertiary/aromatic N) is 2. The van der Waals surface area contributed by atoms with E-state index in [2.05, 4.69) is 10.3 Å². The highest BCUT2D eigenvalue weighted by atomic mass is 32.1. The molecule has 1 amide bonds. The molecule has 0 spiro atoms. The van der Waals surface area contributed by atoms with Crippen molar-refractivity contribution in [2.45, 2.75) is 6.92 Å². The molecular formula is C10H13N3O2S2. The Hall–Kier alpha value is -1.05. The maximum Gasteiger partial charge on any atom is 0.285 e. The number of thiazole rings is 1. The molecule has 5 nitrogen and oxygen atoms in total. The van der Waals surface area contributed by atoms with E-state index in [4.69, 9.17) is 17.0 Å². The zero-order chi connectivity index (χ0) is 12.3. The van der Waals surface area contributed by atoms with Crippen LogP contribution in [-0.4, -0.2) is 47.1 Å². The van der Waals surface area contributed by atoms with Crippen LogP contribution in [0.3, 0.4) is 0 Å². The van der Waals surface area contributed by atoms with Gasteiger partial charge in [-0.05, 0) is 6.92 Å². The average molecular weight is 271 g/mol. The fraction of sp³-hybridized carbons (Fsp3) is 0.500. The van der Waals surface area contributed by atoms with Gasteiger partial charge in [-0.25, -0.2) is 4.98 Å². The molecule has 0 radical (unpaired) electrons. The monoisotopic (exact) mass is 271 g/mol. The molecule has 0 bridgehead atoms. The van der Waals surface area contributed by atoms with Gasteiger partial charge in [0.15, 0.2) is 10.1 Å². The van der Waals surface area contributed by atoms with Crippen molar-refractivity contribution in [1.82, 2.24) is 9.88 Å². The molecule has 0 unspecified atom stereocenters. The number of aromatic nitrogens is 1. The molecule has 1 aromatic rings. The SMILES string of the molecule is Cc1csc(NC(=O)C(=S)N2CCOCC2)n1. The Balaban J connectivity index is 1.92. The van der Waals surface area contributed by atoms with Gasteiger partial charge in [0, 0.05) is 18.5 Å². The minimum atomic E-state index is -0.267. The van der Waals surface area contributed by atoms with Gasteiger partial charge in [-0.3, -0.25) is 10.1 Å². The molecule has 0 atom stereocenters. The first-order valence-corrected chi connectivity index (χ1v) is 6.56. The van der Waals surface area contributed by atoms with Gasteiger partial charge in [-0.15, -0.1) is 11.3 Å². The molecule has 1 aliphatic rings. The van der Waals surface area contributed by atoms with Crippen LogP contribution in [0.1, 0.15) is 5.69 Å². The number of rotatable bonds is 1. The highest BCUT2D eigenvalue weighted by Crippen LogP contribution is 2.14. The van der Waals surface area contributed by atoms with Gasteiger partial charge in [-0.2, -0.15) is 0 Å². The molecule has 1 aliphatic heterocycles. The first-order valence-electron chi connectivity index (χ1n) is 5.27. The number of morpholine rings is 1. The summed E-state index contributed by atoms with van der Waals surface area (Å²) in [6.45, 7) is 4.45. The minimum Gasteiger partial charge on any atom is -0.378 e. The molecule has 1 aromatic heterocycles. The number of anilines is 1. The fourth-order valence-electron chi connectivity index (χ4n) is 1.47. The van der Waals surface area contributed by atoms with Crippen LogP contribution in [0.25, 0.3) is 0 Å². The maximum absolute atomic E-state index is 11.9. The largest absolute Gasteiger partial charge is 0.378 e. The molecule has 2 rings (SSSR count). The lowest BCUT2D eigenvalue weighted by Gasteiger charge is -2.28. The summed E-state index contributed by atoms with van der Waals surface area (Å²) in [5.74, 6) is -0.267. The lowest BCUT2D eigenvalue weighted by Crippen LogP contribution is -2.44. The van der Waals surface area contributed by atoms with Crippen LogP contribution in [0.15, 0.2) is 5.38 Å². The van der Waals surface area contributed by atoms with Crippen molar-refractivity contribution in [3.05, 3.63) is 11.1 Å². The second-order valence-electron chi connectivity index (χ2n) is 3.65. The summed E-state index contributed by atoms with van der Waals surface area (Å²) < 4.78 is 5.21. The summed E-state index contributed by atoms with van der Waals surface area (Å²) in [4.78, 5) is 18.2. The topological polar surface area (TPSA) is 54.5 Å². The highest BCUT2D eigenvalue weighted by molar-refractivity contribution is 7.82. The van der Waals surface area contributed by atoms with Crippen molar-refractivity contribution >= 4 is 39.6 Å². The Morgan fingerprint density at radius 2 is 2.29 bits per heavy atom. The molecule has 92 valence electrons. The number of carbonyl (C=O) groups is 1. The number of nitrogens with one attached hydrogen (secondary N) is 1. The van der Waals surface area contributed by atoms with E-state index in [1.165, 1.54) is 11.3 Å². The Labute approximate surface area is 109 Å². The van der Waals surface area contributed by atoms with E-state index in [1.54, 1.807) is 0 Å². The number of hydrogen-bond donors (Lipinski definition) is 1. The smallest absolute Gasteiger partial charge is 0.285 e. The van der Waals surface area contributed by atoms with Crippen LogP contribution in [-0.2, 0) is 9.53 Å². The number of ether oxygens (including phenoxy) is 1. The Kier molecular flexibility index (Phi) is 4.03. The molecule has 0 aliphatic carbocycles. The molecule has 2 heterocycles. The minimum absolute atomic E-state index is 0.267. The van der Waals surface area contributed by atoms with Crippen LogP contribution in [0, 0.1) is 6.92 Å². The van der Waals surface area contributed by atoms with Crippen molar-refractivity contribution in [3.8, 4) is 0 Å². The molecule has 1 saturated heterocycles. The molecule has 17 heavy (non-hydrogen) atoms. The second-order valence-corrected chi connectivity index (χ2v) is 4.90. The number of amides is 1. The van der Waals surface area contributed by atoms with E-state index < -0.39 is 0 Å². The normalized spacial score (nSPS) is 15.7. The van der Waals surface area contributed by atoms with Gasteiger partial charge >= 0.3 is 0 Å². The van der Waals surface area contributed by atoms with Gasteiger partial charge in [0.25, 0.3) is 5.91 Å². The van der Waals surface area contributed by atoms with Crippen molar-refractivity contribution in [3.63, 3.8) is 0 Å². The Morgan fingerprint density at radius 3 is 2.88 bits per heavy atom. The quantitative estimate of drug-likeness (QED) is 0.774. The third-order valence-corrected chi connectivity index (χ3v) is 3.65. The first kappa shape index (κ1) is 12.4. The van der Waals surface area contributed by atoms with E-state index in [-0.39, 0.29) is 5.91 Å². The van der Waals surface area contributed by atoms with Gasteiger partial charge in [0.1, 0.15) is 0 Å². The second kappa shape index (κ2) is 5.52. The van der Waals surface area contributed by atoms with Gasteiger partial charge in [0.2, 0.25) is 0 Å². The molecule has 7 heteroatoms. The van der Waals surface area contributed by atoms with Crippen LogP contribution in [0.4, 0.5) is 5.13 Å². The van der Waals surface area contributed by atoms with E-state index in [0.717, 1.165) is 5.69 Å². The molecule has 0 aromatic carbocycles.